The predicted molar refractivity (Wildman–Crippen MR) is 99.0 cm³/mol. The van der Waals surface area contributed by atoms with Gasteiger partial charge in [-0.05, 0) is 62.1 Å². The number of hydrogen-bond acceptors (Lipinski definition) is 2. The molecule has 2 N–H and O–H groups in total. The zero-order valence-corrected chi connectivity index (χ0v) is 15.8. The molecule has 0 radical (unpaired) electrons. The van der Waals surface area contributed by atoms with Crippen molar-refractivity contribution in [3.63, 3.8) is 0 Å². The molecule has 0 heterocycles. The molecule has 0 bridgehead atoms. The Labute approximate surface area is 159 Å². The van der Waals surface area contributed by atoms with E-state index in [9.17, 15) is 27.2 Å². The van der Waals surface area contributed by atoms with Crippen LogP contribution in [0.15, 0.2) is 36.4 Å². The molecule has 0 aliphatic carbocycles. The lowest BCUT2D eigenvalue weighted by Crippen LogP contribution is -2.56. The maximum atomic E-state index is 14.2. The van der Waals surface area contributed by atoms with E-state index in [0.29, 0.717) is 22.3 Å². The Morgan fingerprint density at radius 2 is 1.00 bits per heavy atom. The number of halogens is 4. The van der Waals surface area contributed by atoms with E-state index in [0.717, 1.165) is 0 Å². The van der Waals surface area contributed by atoms with E-state index in [1.54, 1.807) is 48.7 Å². The fourth-order valence-corrected chi connectivity index (χ4v) is 2.43. The summed E-state index contributed by atoms with van der Waals surface area (Å²) >= 11 is 0. The number of nitrogens with one attached hydrogen (secondary N) is 2. The van der Waals surface area contributed by atoms with Crippen LogP contribution in [0.4, 0.5) is 28.9 Å². The smallest absolute Gasteiger partial charge is 0.320 e. The molecule has 0 saturated carbocycles. The zero-order valence-electron chi connectivity index (χ0n) is 15.8. The minimum Gasteiger partial charge on any atom is -0.320 e. The molecule has 0 fully saturated rings. The number of amides is 2. The molecule has 0 aliphatic rings. The third-order valence-corrected chi connectivity index (χ3v) is 4.25. The number of carbonyl (C=O) groups is 2. The Morgan fingerprint density at radius 1 is 0.679 bits per heavy atom. The van der Waals surface area contributed by atoms with Gasteiger partial charge < -0.3 is 10.6 Å². The van der Waals surface area contributed by atoms with Crippen molar-refractivity contribution < 1.29 is 27.2 Å². The first-order chi connectivity index (χ1) is 12.9. The summed E-state index contributed by atoms with van der Waals surface area (Å²) < 4.78 is 56.9. The van der Waals surface area contributed by atoms with Crippen molar-refractivity contribution in [3.05, 3.63) is 58.7 Å². The molecule has 2 aromatic rings. The Hall–Kier alpha value is -2.90. The summed E-state index contributed by atoms with van der Waals surface area (Å²) in [6, 6.07) is 9.20. The average Bonchev–Trinajstić information content (AvgIpc) is 2.60. The molecule has 2 amide bonds. The molecule has 28 heavy (non-hydrogen) atoms. The lowest BCUT2D eigenvalue weighted by molar-refractivity contribution is -0.204. The highest BCUT2D eigenvalue weighted by Gasteiger charge is 2.67. The van der Waals surface area contributed by atoms with Gasteiger partial charge in [0.15, 0.2) is 0 Å². The van der Waals surface area contributed by atoms with E-state index in [1.165, 1.54) is 26.0 Å². The summed E-state index contributed by atoms with van der Waals surface area (Å²) in [7, 11) is 0. The van der Waals surface area contributed by atoms with E-state index in [-0.39, 0.29) is 11.4 Å². The number of hydrogen-bond donors (Lipinski definition) is 2. The molecule has 0 aliphatic heterocycles. The van der Waals surface area contributed by atoms with Gasteiger partial charge in [-0.3, -0.25) is 9.59 Å². The van der Waals surface area contributed by atoms with Crippen molar-refractivity contribution in [1.29, 1.82) is 0 Å². The summed E-state index contributed by atoms with van der Waals surface area (Å²) in [5.74, 6) is -15.0. The molecule has 4 nitrogen and oxygen atoms in total. The number of rotatable bonds is 5. The fourth-order valence-electron chi connectivity index (χ4n) is 2.43. The van der Waals surface area contributed by atoms with E-state index in [2.05, 4.69) is 0 Å². The van der Waals surface area contributed by atoms with Crippen LogP contribution in [0, 0.1) is 27.7 Å². The molecule has 0 saturated heterocycles. The van der Waals surface area contributed by atoms with Gasteiger partial charge in [0.1, 0.15) is 0 Å². The number of anilines is 2. The van der Waals surface area contributed by atoms with Gasteiger partial charge in [-0.25, -0.2) is 0 Å². The van der Waals surface area contributed by atoms with Crippen LogP contribution in [0.3, 0.4) is 0 Å². The molecular formula is C20H20F4N2O2. The van der Waals surface area contributed by atoms with Crippen LogP contribution >= 0.6 is 0 Å². The Kier molecular flexibility index (Phi) is 5.82. The number of carbonyl (C=O) groups excluding carboxylic acids is 2. The molecule has 2 rings (SSSR count). The van der Waals surface area contributed by atoms with Gasteiger partial charge in [0, 0.05) is 11.4 Å². The van der Waals surface area contributed by atoms with Crippen molar-refractivity contribution in [2.45, 2.75) is 39.5 Å². The molecule has 8 heteroatoms. The summed E-state index contributed by atoms with van der Waals surface area (Å²) in [6.45, 7) is 6.36. The molecule has 0 unspecified atom stereocenters. The molecule has 0 spiro atoms. The van der Waals surface area contributed by atoms with Crippen molar-refractivity contribution in [2.24, 2.45) is 0 Å². The molecular weight excluding hydrogens is 376 g/mol. The first kappa shape index (κ1) is 21.4. The maximum absolute atomic E-state index is 14.2. The molecule has 0 atom stereocenters. The highest BCUT2D eigenvalue weighted by molar-refractivity contribution is 6.06. The second kappa shape index (κ2) is 7.61. The number of benzene rings is 2. The topological polar surface area (TPSA) is 58.2 Å². The SMILES string of the molecule is Cc1ccc(C)c(NC(=O)C(F)(F)C(F)(F)C(=O)Nc2cc(C)ccc2C)c1. The maximum Gasteiger partial charge on any atom is 0.396 e. The number of aryl methyl sites for hydroxylation is 4. The van der Waals surface area contributed by atoms with Gasteiger partial charge in [0.25, 0.3) is 0 Å². The van der Waals surface area contributed by atoms with Crippen molar-refractivity contribution in [2.75, 3.05) is 10.6 Å². The second-order valence-electron chi connectivity index (χ2n) is 6.69. The summed E-state index contributed by atoms with van der Waals surface area (Å²) in [5.41, 5.74) is 2.05. The molecule has 0 aromatic heterocycles. The van der Waals surface area contributed by atoms with E-state index < -0.39 is 23.7 Å². The lowest BCUT2D eigenvalue weighted by atomic mass is 10.1. The van der Waals surface area contributed by atoms with Crippen LogP contribution in [0.2, 0.25) is 0 Å². The van der Waals surface area contributed by atoms with Gasteiger partial charge in [0.2, 0.25) is 0 Å². The van der Waals surface area contributed by atoms with Gasteiger partial charge in [-0.15, -0.1) is 0 Å². The highest BCUT2D eigenvalue weighted by Crippen LogP contribution is 2.37. The average molecular weight is 396 g/mol. The van der Waals surface area contributed by atoms with E-state index in [1.807, 2.05) is 0 Å². The van der Waals surface area contributed by atoms with Gasteiger partial charge in [-0.1, -0.05) is 24.3 Å². The van der Waals surface area contributed by atoms with Crippen LogP contribution in [-0.4, -0.2) is 23.7 Å². The lowest BCUT2D eigenvalue weighted by Gasteiger charge is -2.25. The molecule has 150 valence electrons. The number of alkyl halides is 4. The van der Waals surface area contributed by atoms with Crippen LogP contribution < -0.4 is 10.6 Å². The summed E-state index contributed by atoms with van der Waals surface area (Å²) in [5, 5.41) is 3.58. The Bertz CT molecular complexity index is 851. The Morgan fingerprint density at radius 3 is 1.32 bits per heavy atom. The first-order valence-corrected chi connectivity index (χ1v) is 8.39. The largest absolute Gasteiger partial charge is 0.396 e. The molecule has 2 aromatic carbocycles. The van der Waals surface area contributed by atoms with Gasteiger partial charge >= 0.3 is 23.7 Å². The van der Waals surface area contributed by atoms with Crippen LogP contribution in [0.5, 0.6) is 0 Å². The summed E-state index contributed by atoms with van der Waals surface area (Å²) in [6.07, 6.45) is 0. The van der Waals surface area contributed by atoms with Crippen LogP contribution in [0.1, 0.15) is 22.3 Å². The van der Waals surface area contributed by atoms with Crippen molar-refractivity contribution >= 4 is 23.2 Å². The zero-order chi connectivity index (χ0) is 21.3. The third-order valence-electron chi connectivity index (χ3n) is 4.25. The summed E-state index contributed by atoms with van der Waals surface area (Å²) in [4.78, 5) is 23.8. The third kappa shape index (κ3) is 4.16. The van der Waals surface area contributed by atoms with E-state index >= 15 is 0 Å². The van der Waals surface area contributed by atoms with Crippen LogP contribution in [-0.2, 0) is 9.59 Å². The predicted octanol–water partition coefficient (Wildman–Crippen LogP) is 4.77. The first-order valence-electron chi connectivity index (χ1n) is 8.39. The normalized spacial score (nSPS) is 11.9. The minimum absolute atomic E-state index is 0.0320. The standard InChI is InChI=1S/C20H20F4N2O2/c1-11-5-7-13(3)15(9-11)25-17(27)19(21,22)20(23,24)18(28)26-16-10-12(2)6-8-14(16)4/h5-10H,1-4H3,(H,25,27)(H,26,28). The second-order valence-corrected chi connectivity index (χ2v) is 6.69. The van der Waals surface area contributed by atoms with Crippen LogP contribution in [0.25, 0.3) is 0 Å². The van der Waals surface area contributed by atoms with Crippen molar-refractivity contribution in [1.82, 2.24) is 0 Å². The van der Waals surface area contributed by atoms with Gasteiger partial charge in [0.05, 0.1) is 0 Å². The monoisotopic (exact) mass is 396 g/mol. The highest BCUT2D eigenvalue weighted by atomic mass is 19.3. The van der Waals surface area contributed by atoms with Crippen molar-refractivity contribution in [3.8, 4) is 0 Å². The quantitative estimate of drug-likeness (QED) is 0.716. The Balaban J connectivity index is 2.25. The fraction of sp³-hybridized carbons (Fsp3) is 0.300. The van der Waals surface area contributed by atoms with E-state index in [4.69, 9.17) is 0 Å². The minimum atomic E-state index is -5.26. The van der Waals surface area contributed by atoms with Gasteiger partial charge in [-0.2, -0.15) is 17.6 Å².